The van der Waals surface area contributed by atoms with Gasteiger partial charge in [0.25, 0.3) is 0 Å². The molecule has 0 atom stereocenters. The van der Waals surface area contributed by atoms with Crippen LogP contribution in [0.5, 0.6) is 0 Å². The number of unbranched alkanes of at least 4 members (excludes halogenated alkanes) is 1. The van der Waals surface area contributed by atoms with Gasteiger partial charge in [-0.25, -0.2) is 0 Å². The molecule has 0 amide bonds. The summed E-state index contributed by atoms with van der Waals surface area (Å²) in [6.45, 7) is 2.04. The van der Waals surface area contributed by atoms with E-state index < -0.39 is 0 Å². The Labute approximate surface area is 103 Å². The standard InChI is InChI=1S/C13H20N4/c1-17(2)8-4-3-7-16-12-6-5-11(10-14)13(15)9-12/h5-6,9,16H,3-4,7-8,15H2,1-2H3. The lowest BCUT2D eigenvalue weighted by Gasteiger charge is -2.10. The SMILES string of the molecule is CN(C)CCCCNc1ccc(C#N)c(N)c1. The summed E-state index contributed by atoms with van der Waals surface area (Å²) in [6, 6.07) is 7.50. The first-order chi connectivity index (χ1) is 8.13. The predicted molar refractivity (Wildman–Crippen MR) is 71.8 cm³/mol. The molecule has 0 radical (unpaired) electrons. The van der Waals surface area contributed by atoms with Gasteiger partial charge in [-0.3, -0.25) is 0 Å². The lowest BCUT2D eigenvalue weighted by molar-refractivity contribution is 0.396. The number of benzene rings is 1. The van der Waals surface area contributed by atoms with Gasteiger partial charge in [0.05, 0.1) is 11.3 Å². The number of nitriles is 1. The molecule has 0 spiro atoms. The fourth-order valence-corrected chi connectivity index (χ4v) is 1.56. The number of anilines is 2. The van der Waals surface area contributed by atoms with E-state index in [1.807, 2.05) is 12.1 Å². The maximum absolute atomic E-state index is 8.75. The molecule has 1 aromatic rings. The van der Waals surface area contributed by atoms with Gasteiger partial charge >= 0.3 is 0 Å². The van der Waals surface area contributed by atoms with Crippen LogP contribution in [0.1, 0.15) is 18.4 Å². The number of nitrogens with zero attached hydrogens (tertiary/aromatic N) is 2. The second kappa shape index (κ2) is 6.77. The van der Waals surface area contributed by atoms with Crippen LogP contribution in [0.15, 0.2) is 18.2 Å². The molecule has 0 aliphatic carbocycles. The molecule has 0 fully saturated rings. The molecular weight excluding hydrogens is 212 g/mol. The Kier molecular flexibility index (Phi) is 5.31. The van der Waals surface area contributed by atoms with Gasteiger partial charge in [-0.2, -0.15) is 5.26 Å². The minimum Gasteiger partial charge on any atom is -0.398 e. The van der Waals surface area contributed by atoms with E-state index in [0.717, 1.165) is 25.2 Å². The van der Waals surface area contributed by atoms with Crippen LogP contribution in [0.2, 0.25) is 0 Å². The van der Waals surface area contributed by atoms with E-state index in [1.54, 1.807) is 6.07 Å². The van der Waals surface area contributed by atoms with Gasteiger partial charge in [-0.15, -0.1) is 0 Å². The van der Waals surface area contributed by atoms with Crippen LogP contribution < -0.4 is 11.1 Å². The van der Waals surface area contributed by atoms with Gasteiger partial charge in [0.2, 0.25) is 0 Å². The minimum atomic E-state index is 0.531. The zero-order valence-electron chi connectivity index (χ0n) is 10.5. The van der Waals surface area contributed by atoms with Crippen molar-refractivity contribution in [2.75, 3.05) is 38.2 Å². The highest BCUT2D eigenvalue weighted by atomic mass is 15.0. The van der Waals surface area contributed by atoms with Crippen molar-refractivity contribution in [3.63, 3.8) is 0 Å². The van der Waals surface area contributed by atoms with Crippen molar-refractivity contribution in [3.8, 4) is 6.07 Å². The van der Waals surface area contributed by atoms with E-state index >= 15 is 0 Å². The predicted octanol–water partition coefficient (Wildman–Crippen LogP) is 1.89. The van der Waals surface area contributed by atoms with Crippen molar-refractivity contribution in [2.24, 2.45) is 0 Å². The zero-order chi connectivity index (χ0) is 12.7. The summed E-state index contributed by atoms with van der Waals surface area (Å²) in [4.78, 5) is 2.18. The van der Waals surface area contributed by atoms with Crippen LogP contribution >= 0.6 is 0 Å². The number of hydrogen-bond acceptors (Lipinski definition) is 4. The van der Waals surface area contributed by atoms with Gasteiger partial charge in [0.15, 0.2) is 0 Å². The minimum absolute atomic E-state index is 0.531. The highest BCUT2D eigenvalue weighted by Crippen LogP contribution is 2.16. The highest BCUT2D eigenvalue weighted by Gasteiger charge is 1.99. The molecule has 17 heavy (non-hydrogen) atoms. The Morgan fingerprint density at radius 2 is 2.12 bits per heavy atom. The summed E-state index contributed by atoms with van der Waals surface area (Å²) < 4.78 is 0. The van der Waals surface area contributed by atoms with Gasteiger partial charge in [0.1, 0.15) is 6.07 Å². The lowest BCUT2D eigenvalue weighted by atomic mass is 10.2. The molecule has 1 aromatic carbocycles. The number of hydrogen-bond donors (Lipinski definition) is 2. The number of nitrogen functional groups attached to an aromatic ring is 1. The highest BCUT2D eigenvalue weighted by molar-refractivity contribution is 5.62. The van der Waals surface area contributed by atoms with Crippen molar-refractivity contribution >= 4 is 11.4 Å². The first kappa shape index (κ1) is 13.3. The molecule has 3 N–H and O–H groups in total. The maximum atomic E-state index is 8.75. The summed E-state index contributed by atoms with van der Waals surface area (Å²) in [5, 5.41) is 12.1. The van der Waals surface area contributed by atoms with Gasteiger partial charge in [-0.1, -0.05) is 0 Å². The quantitative estimate of drug-likeness (QED) is 0.580. The first-order valence-electron chi connectivity index (χ1n) is 5.81. The van der Waals surface area contributed by atoms with Crippen molar-refractivity contribution < 1.29 is 0 Å². The Morgan fingerprint density at radius 3 is 2.71 bits per heavy atom. The molecular formula is C13H20N4. The molecule has 0 aliphatic rings. The van der Waals surface area contributed by atoms with Gasteiger partial charge in [-0.05, 0) is 51.7 Å². The molecule has 0 aliphatic heterocycles. The summed E-state index contributed by atoms with van der Waals surface area (Å²) in [7, 11) is 4.16. The fraction of sp³-hybridized carbons (Fsp3) is 0.462. The monoisotopic (exact) mass is 232 g/mol. The third-order valence-electron chi connectivity index (χ3n) is 2.53. The number of nitrogens with one attached hydrogen (secondary N) is 1. The van der Waals surface area contributed by atoms with Crippen LogP contribution in [0.3, 0.4) is 0 Å². The van der Waals surface area contributed by atoms with E-state index in [4.69, 9.17) is 11.0 Å². The molecule has 0 saturated heterocycles. The second-order valence-corrected chi connectivity index (χ2v) is 4.35. The third-order valence-corrected chi connectivity index (χ3v) is 2.53. The van der Waals surface area contributed by atoms with Crippen molar-refractivity contribution in [1.82, 2.24) is 4.90 Å². The lowest BCUT2D eigenvalue weighted by Crippen LogP contribution is -2.14. The average molecular weight is 232 g/mol. The molecule has 0 unspecified atom stereocenters. The molecule has 0 heterocycles. The van der Waals surface area contributed by atoms with E-state index in [-0.39, 0.29) is 0 Å². The van der Waals surface area contributed by atoms with E-state index in [0.29, 0.717) is 11.3 Å². The maximum Gasteiger partial charge on any atom is 0.101 e. The van der Waals surface area contributed by atoms with Crippen molar-refractivity contribution in [3.05, 3.63) is 23.8 Å². The average Bonchev–Trinajstić information content (AvgIpc) is 2.28. The second-order valence-electron chi connectivity index (χ2n) is 4.35. The molecule has 4 heteroatoms. The van der Waals surface area contributed by atoms with Crippen LogP contribution in [0, 0.1) is 11.3 Å². The normalized spacial score (nSPS) is 10.2. The topological polar surface area (TPSA) is 65.1 Å². The molecule has 1 rings (SSSR count). The Bertz CT molecular complexity index is 393. The van der Waals surface area contributed by atoms with Crippen LogP contribution in [-0.4, -0.2) is 32.1 Å². The smallest absolute Gasteiger partial charge is 0.101 e. The van der Waals surface area contributed by atoms with Gasteiger partial charge in [0, 0.05) is 12.2 Å². The van der Waals surface area contributed by atoms with E-state index in [9.17, 15) is 0 Å². The van der Waals surface area contributed by atoms with E-state index in [2.05, 4.69) is 30.4 Å². The zero-order valence-corrected chi connectivity index (χ0v) is 10.5. The van der Waals surface area contributed by atoms with E-state index in [1.165, 1.54) is 6.42 Å². The molecule has 92 valence electrons. The Hall–Kier alpha value is -1.73. The largest absolute Gasteiger partial charge is 0.398 e. The van der Waals surface area contributed by atoms with Gasteiger partial charge < -0.3 is 16.0 Å². The molecule has 0 aromatic heterocycles. The summed E-state index contributed by atoms with van der Waals surface area (Å²) in [5.74, 6) is 0. The number of nitrogens with two attached hydrogens (primary N) is 1. The fourth-order valence-electron chi connectivity index (χ4n) is 1.56. The summed E-state index contributed by atoms with van der Waals surface area (Å²) >= 11 is 0. The molecule has 4 nitrogen and oxygen atoms in total. The molecule has 0 bridgehead atoms. The summed E-state index contributed by atoms with van der Waals surface area (Å²) in [5.41, 5.74) is 7.77. The molecule has 0 saturated carbocycles. The Balaban J connectivity index is 2.33. The third kappa shape index (κ3) is 4.75. The van der Waals surface area contributed by atoms with Crippen molar-refractivity contribution in [1.29, 1.82) is 5.26 Å². The van der Waals surface area contributed by atoms with Crippen LogP contribution in [0.25, 0.3) is 0 Å². The number of rotatable bonds is 6. The van der Waals surface area contributed by atoms with Crippen LogP contribution in [-0.2, 0) is 0 Å². The van der Waals surface area contributed by atoms with Crippen molar-refractivity contribution in [2.45, 2.75) is 12.8 Å². The summed E-state index contributed by atoms with van der Waals surface area (Å²) in [6.07, 6.45) is 2.30. The Morgan fingerprint density at radius 1 is 1.35 bits per heavy atom. The van der Waals surface area contributed by atoms with Crippen LogP contribution in [0.4, 0.5) is 11.4 Å². The first-order valence-corrected chi connectivity index (χ1v) is 5.81.